The third-order valence-electron chi connectivity index (χ3n) is 2.76. The SMILES string of the molecule is CC(C)(C)OC(=O)NC(Cc1ccccc1F)C(=O)OC(C)(C)C. The maximum Gasteiger partial charge on any atom is 0.408 e. The van der Waals surface area contributed by atoms with E-state index in [-0.39, 0.29) is 6.42 Å². The van der Waals surface area contributed by atoms with Gasteiger partial charge in [0.15, 0.2) is 0 Å². The molecule has 24 heavy (non-hydrogen) atoms. The summed E-state index contributed by atoms with van der Waals surface area (Å²) in [6.07, 6.45) is -0.782. The van der Waals surface area contributed by atoms with Crippen LogP contribution in [0.15, 0.2) is 24.3 Å². The van der Waals surface area contributed by atoms with Crippen LogP contribution in [0, 0.1) is 5.82 Å². The van der Waals surface area contributed by atoms with Crippen molar-refractivity contribution < 1.29 is 23.5 Å². The lowest BCUT2D eigenvalue weighted by Crippen LogP contribution is -2.47. The number of halogens is 1. The van der Waals surface area contributed by atoms with Crippen LogP contribution < -0.4 is 5.32 Å². The summed E-state index contributed by atoms with van der Waals surface area (Å²) in [4.78, 5) is 24.3. The molecule has 0 aromatic heterocycles. The smallest absolute Gasteiger partial charge is 0.408 e. The summed E-state index contributed by atoms with van der Waals surface area (Å²) in [6, 6.07) is 5.04. The average molecular weight is 339 g/mol. The van der Waals surface area contributed by atoms with Crippen LogP contribution in [-0.4, -0.2) is 29.3 Å². The fourth-order valence-electron chi connectivity index (χ4n) is 1.90. The Bertz CT molecular complexity index is 587. The molecular formula is C18H26FNO4. The molecule has 134 valence electrons. The van der Waals surface area contributed by atoms with Crippen molar-refractivity contribution in [2.75, 3.05) is 0 Å². The highest BCUT2D eigenvalue weighted by molar-refractivity contribution is 5.82. The molecule has 6 heteroatoms. The summed E-state index contributed by atoms with van der Waals surface area (Å²) in [7, 11) is 0. The van der Waals surface area contributed by atoms with Crippen LogP contribution in [0.3, 0.4) is 0 Å². The molecule has 1 atom stereocenters. The first-order valence-electron chi connectivity index (χ1n) is 7.83. The van der Waals surface area contributed by atoms with Crippen molar-refractivity contribution in [1.82, 2.24) is 5.32 Å². The molecule has 5 nitrogen and oxygen atoms in total. The first-order valence-corrected chi connectivity index (χ1v) is 7.83. The second-order valence-corrected chi connectivity index (χ2v) is 7.53. The van der Waals surface area contributed by atoms with Gasteiger partial charge in [-0.15, -0.1) is 0 Å². The van der Waals surface area contributed by atoms with Crippen LogP contribution in [0.5, 0.6) is 0 Å². The number of carbonyl (C=O) groups is 2. The van der Waals surface area contributed by atoms with Crippen molar-refractivity contribution in [1.29, 1.82) is 0 Å². The van der Waals surface area contributed by atoms with Gasteiger partial charge in [-0.05, 0) is 53.2 Å². The summed E-state index contributed by atoms with van der Waals surface area (Å²) >= 11 is 0. The molecule has 0 heterocycles. The molecule has 0 spiro atoms. The molecule has 0 aliphatic carbocycles. The fourth-order valence-corrected chi connectivity index (χ4v) is 1.90. The fraction of sp³-hybridized carbons (Fsp3) is 0.556. The summed E-state index contributed by atoms with van der Waals surface area (Å²) < 4.78 is 24.3. The maximum absolute atomic E-state index is 13.9. The molecule has 1 rings (SSSR count). The van der Waals surface area contributed by atoms with E-state index >= 15 is 0 Å². The normalized spacial score (nSPS) is 13.1. The molecule has 1 aromatic rings. The van der Waals surface area contributed by atoms with Gasteiger partial charge in [0.05, 0.1) is 0 Å². The third kappa shape index (κ3) is 7.44. The minimum Gasteiger partial charge on any atom is -0.458 e. The van der Waals surface area contributed by atoms with Gasteiger partial charge in [-0.2, -0.15) is 0 Å². The number of rotatable bonds is 4. The number of amides is 1. The topological polar surface area (TPSA) is 64.6 Å². The van der Waals surface area contributed by atoms with Crippen molar-refractivity contribution in [3.63, 3.8) is 0 Å². The van der Waals surface area contributed by atoms with Gasteiger partial charge < -0.3 is 14.8 Å². The van der Waals surface area contributed by atoms with E-state index in [4.69, 9.17) is 9.47 Å². The zero-order valence-corrected chi connectivity index (χ0v) is 15.1. The number of alkyl carbamates (subject to hydrolysis) is 1. The molecule has 1 N–H and O–H groups in total. The van der Waals surface area contributed by atoms with Gasteiger partial charge in [-0.3, -0.25) is 0 Å². The molecular weight excluding hydrogens is 313 g/mol. The summed E-state index contributed by atoms with van der Waals surface area (Å²) in [5.74, 6) is -1.09. The van der Waals surface area contributed by atoms with Gasteiger partial charge in [0.2, 0.25) is 0 Å². The van der Waals surface area contributed by atoms with Gasteiger partial charge in [-0.1, -0.05) is 18.2 Å². The number of esters is 1. The number of hydrogen-bond acceptors (Lipinski definition) is 4. The lowest BCUT2D eigenvalue weighted by atomic mass is 10.0. The van der Waals surface area contributed by atoms with E-state index in [2.05, 4.69) is 5.32 Å². The van der Waals surface area contributed by atoms with Gasteiger partial charge in [0.1, 0.15) is 23.1 Å². The third-order valence-corrected chi connectivity index (χ3v) is 2.76. The Morgan fingerprint density at radius 2 is 1.58 bits per heavy atom. The summed E-state index contributed by atoms with van der Waals surface area (Å²) in [6.45, 7) is 10.3. The molecule has 0 aliphatic heterocycles. The van der Waals surface area contributed by atoms with E-state index in [1.165, 1.54) is 6.07 Å². The van der Waals surface area contributed by atoms with Gasteiger partial charge in [-0.25, -0.2) is 14.0 Å². The predicted molar refractivity (Wildman–Crippen MR) is 89.1 cm³/mol. The lowest BCUT2D eigenvalue weighted by molar-refractivity contribution is -0.157. The molecule has 1 amide bonds. The number of ether oxygens (including phenoxy) is 2. The van der Waals surface area contributed by atoms with E-state index < -0.39 is 35.1 Å². The van der Waals surface area contributed by atoms with Gasteiger partial charge in [0, 0.05) is 6.42 Å². The molecule has 0 saturated heterocycles. The van der Waals surface area contributed by atoms with Crippen LogP contribution in [0.4, 0.5) is 9.18 Å². The van der Waals surface area contributed by atoms with E-state index in [9.17, 15) is 14.0 Å². The highest BCUT2D eigenvalue weighted by atomic mass is 19.1. The van der Waals surface area contributed by atoms with Crippen molar-refractivity contribution in [3.05, 3.63) is 35.6 Å². The first-order chi connectivity index (χ1) is 10.9. The largest absolute Gasteiger partial charge is 0.458 e. The van der Waals surface area contributed by atoms with Gasteiger partial charge >= 0.3 is 12.1 Å². The maximum atomic E-state index is 13.9. The lowest BCUT2D eigenvalue weighted by Gasteiger charge is -2.26. The van der Waals surface area contributed by atoms with Crippen LogP contribution in [0.1, 0.15) is 47.1 Å². The predicted octanol–water partition coefficient (Wildman–Crippen LogP) is 3.60. The minimum absolute atomic E-state index is 0.0270. The standard InChI is InChI=1S/C18H26FNO4/c1-17(2,3)23-15(21)14(20-16(22)24-18(4,5)6)11-12-9-7-8-10-13(12)19/h7-10,14H,11H2,1-6H3,(H,20,22). The monoisotopic (exact) mass is 339 g/mol. The second-order valence-electron chi connectivity index (χ2n) is 7.53. The first kappa shape index (κ1) is 19.9. The van der Waals surface area contributed by atoms with E-state index in [1.807, 2.05) is 0 Å². The van der Waals surface area contributed by atoms with Crippen molar-refractivity contribution in [2.24, 2.45) is 0 Å². The number of carbonyl (C=O) groups excluding carboxylic acids is 2. The molecule has 0 fully saturated rings. The van der Waals surface area contributed by atoms with Crippen LogP contribution in [0.25, 0.3) is 0 Å². The molecule has 0 bridgehead atoms. The summed E-state index contributed by atoms with van der Waals surface area (Å²) in [5.41, 5.74) is -1.12. The van der Waals surface area contributed by atoms with Crippen LogP contribution in [-0.2, 0) is 20.7 Å². The number of hydrogen-bond donors (Lipinski definition) is 1. The van der Waals surface area contributed by atoms with Crippen LogP contribution in [0.2, 0.25) is 0 Å². The number of benzene rings is 1. The highest BCUT2D eigenvalue weighted by Gasteiger charge is 2.29. The Kier molecular flexibility index (Phi) is 6.35. The average Bonchev–Trinajstić information content (AvgIpc) is 2.36. The second kappa shape index (κ2) is 7.64. The quantitative estimate of drug-likeness (QED) is 0.851. The zero-order valence-electron chi connectivity index (χ0n) is 15.1. The van der Waals surface area contributed by atoms with Gasteiger partial charge in [0.25, 0.3) is 0 Å². The Hall–Kier alpha value is -2.11. The minimum atomic E-state index is -1.05. The van der Waals surface area contributed by atoms with Crippen LogP contribution >= 0.6 is 0 Å². The molecule has 0 aliphatic rings. The molecule has 0 radical (unpaired) electrons. The molecule has 1 unspecified atom stereocenters. The Labute approximate surface area is 142 Å². The van der Waals surface area contributed by atoms with Crippen molar-refractivity contribution in [2.45, 2.75) is 65.2 Å². The highest BCUT2D eigenvalue weighted by Crippen LogP contribution is 2.14. The Morgan fingerprint density at radius 3 is 2.08 bits per heavy atom. The zero-order chi connectivity index (χ0) is 18.5. The van der Waals surface area contributed by atoms with E-state index in [0.717, 1.165) is 0 Å². The van der Waals surface area contributed by atoms with Crippen molar-refractivity contribution >= 4 is 12.1 Å². The molecule has 1 aromatic carbocycles. The summed E-state index contributed by atoms with van der Waals surface area (Å²) in [5, 5.41) is 2.47. The number of nitrogens with one attached hydrogen (secondary N) is 1. The van der Waals surface area contributed by atoms with E-state index in [0.29, 0.717) is 5.56 Å². The Balaban J connectivity index is 2.93. The van der Waals surface area contributed by atoms with Crippen molar-refractivity contribution in [3.8, 4) is 0 Å². The molecule has 0 saturated carbocycles. The Morgan fingerprint density at radius 1 is 1.04 bits per heavy atom. The van der Waals surface area contributed by atoms with E-state index in [1.54, 1.807) is 59.7 Å².